The molecule has 2 rings (SSSR count). The molecule has 0 aliphatic heterocycles. The molecule has 0 spiro atoms. The van der Waals surface area contributed by atoms with Gasteiger partial charge < -0.3 is 19.5 Å². The van der Waals surface area contributed by atoms with Crippen LogP contribution in [0.2, 0.25) is 0 Å². The lowest BCUT2D eigenvalue weighted by molar-refractivity contribution is 0.394. The highest BCUT2D eigenvalue weighted by atomic mass is 32.1. The first kappa shape index (κ1) is 13.8. The third-order valence-corrected chi connectivity index (χ3v) is 3.65. The number of hydrogen-bond acceptors (Lipinski definition) is 8. The highest BCUT2D eigenvalue weighted by Gasteiger charge is 2.12. The Hall–Kier alpha value is -1.67. The third-order valence-electron chi connectivity index (χ3n) is 2.44. The van der Waals surface area contributed by atoms with Crippen LogP contribution >= 0.6 is 11.3 Å². The van der Waals surface area contributed by atoms with E-state index in [9.17, 15) is 0 Å². The molecule has 0 radical (unpaired) electrons. The SMILES string of the molecule is COc1nc(N(C)C)sc1CNCCc1ncon1. The van der Waals surface area contributed by atoms with E-state index in [1.807, 2.05) is 19.0 Å². The number of rotatable bonds is 7. The van der Waals surface area contributed by atoms with Crippen LogP contribution in [0.3, 0.4) is 0 Å². The van der Waals surface area contributed by atoms with Gasteiger partial charge in [-0.1, -0.05) is 16.5 Å². The molecule has 19 heavy (non-hydrogen) atoms. The molecule has 0 atom stereocenters. The molecule has 0 aliphatic rings. The zero-order valence-corrected chi connectivity index (χ0v) is 12.0. The van der Waals surface area contributed by atoms with Crippen molar-refractivity contribution in [1.29, 1.82) is 0 Å². The molecular weight excluding hydrogens is 266 g/mol. The van der Waals surface area contributed by atoms with Gasteiger partial charge in [-0.15, -0.1) is 0 Å². The van der Waals surface area contributed by atoms with E-state index in [0.717, 1.165) is 23.0 Å². The summed E-state index contributed by atoms with van der Waals surface area (Å²) in [4.78, 5) is 11.4. The Morgan fingerprint density at radius 1 is 1.47 bits per heavy atom. The number of anilines is 1. The summed E-state index contributed by atoms with van der Waals surface area (Å²) in [6.45, 7) is 1.49. The number of aromatic nitrogens is 3. The van der Waals surface area contributed by atoms with Crippen LogP contribution in [0.15, 0.2) is 10.9 Å². The van der Waals surface area contributed by atoms with Crippen LogP contribution in [0, 0.1) is 0 Å². The maximum Gasteiger partial charge on any atom is 0.230 e. The monoisotopic (exact) mass is 283 g/mol. The molecule has 0 amide bonds. The molecule has 1 N–H and O–H groups in total. The van der Waals surface area contributed by atoms with Crippen molar-refractivity contribution in [1.82, 2.24) is 20.4 Å². The number of ether oxygens (including phenoxy) is 1. The lowest BCUT2D eigenvalue weighted by atomic mass is 10.4. The van der Waals surface area contributed by atoms with Crippen LogP contribution in [-0.2, 0) is 13.0 Å². The average Bonchev–Trinajstić information content (AvgIpc) is 3.03. The third kappa shape index (κ3) is 3.65. The molecule has 2 aromatic heterocycles. The van der Waals surface area contributed by atoms with Crippen LogP contribution in [0.25, 0.3) is 0 Å². The average molecular weight is 283 g/mol. The summed E-state index contributed by atoms with van der Waals surface area (Å²) in [7, 11) is 5.56. The zero-order chi connectivity index (χ0) is 13.7. The van der Waals surface area contributed by atoms with E-state index in [2.05, 4.69) is 25.0 Å². The van der Waals surface area contributed by atoms with Crippen LogP contribution in [-0.4, -0.2) is 42.9 Å². The van der Waals surface area contributed by atoms with Gasteiger partial charge in [0.25, 0.3) is 0 Å². The van der Waals surface area contributed by atoms with Crippen molar-refractivity contribution in [2.45, 2.75) is 13.0 Å². The summed E-state index contributed by atoms with van der Waals surface area (Å²) in [6, 6.07) is 0. The van der Waals surface area contributed by atoms with Crippen molar-refractivity contribution < 1.29 is 9.26 Å². The summed E-state index contributed by atoms with van der Waals surface area (Å²) in [5.41, 5.74) is 0. The van der Waals surface area contributed by atoms with Crippen LogP contribution in [0.4, 0.5) is 5.13 Å². The molecule has 0 aromatic carbocycles. The van der Waals surface area contributed by atoms with E-state index in [1.54, 1.807) is 18.4 Å². The number of thiazole rings is 1. The molecule has 7 nitrogen and oxygen atoms in total. The highest BCUT2D eigenvalue weighted by Crippen LogP contribution is 2.30. The Balaban J connectivity index is 1.84. The molecule has 0 saturated heterocycles. The molecule has 0 unspecified atom stereocenters. The second-order valence-electron chi connectivity index (χ2n) is 4.10. The summed E-state index contributed by atoms with van der Waals surface area (Å²) in [5.74, 6) is 1.39. The predicted molar refractivity (Wildman–Crippen MR) is 72.7 cm³/mol. The van der Waals surface area contributed by atoms with Gasteiger partial charge in [0.05, 0.1) is 12.0 Å². The first-order valence-electron chi connectivity index (χ1n) is 5.87. The fraction of sp³-hybridized carbons (Fsp3) is 0.545. The Labute approximate surface area is 115 Å². The smallest absolute Gasteiger partial charge is 0.230 e. The highest BCUT2D eigenvalue weighted by molar-refractivity contribution is 7.15. The maximum absolute atomic E-state index is 5.27. The molecule has 2 aromatic rings. The first-order chi connectivity index (χ1) is 9.20. The van der Waals surface area contributed by atoms with E-state index in [-0.39, 0.29) is 0 Å². The van der Waals surface area contributed by atoms with Gasteiger partial charge in [0, 0.05) is 33.6 Å². The van der Waals surface area contributed by atoms with Crippen molar-refractivity contribution in [2.75, 3.05) is 32.6 Å². The molecule has 104 valence electrons. The predicted octanol–water partition coefficient (Wildman–Crippen LogP) is 0.933. The molecule has 2 heterocycles. The first-order valence-corrected chi connectivity index (χ1v) is 6.69. The second kappa shape index (κ2) is 6.48. The van der Waals surface area contributed by atoms with Gasteiger partial charge >= 0.3 is 0 Å². The minimum absolute atomic E-state index is 0.681. The van der Waals surface area contributed by atoms with E-state index < -0.39 is 0 Å². The maximum atomic E-state index is 5.27. The van der Waals surface area contributed by atoms with Gasteiger partial charge in [-0.05, 0) is 0 Å². The lowest BCUT2D eigenvalue weighted by Gasteiger charge is -2.05. The second-order valence-corrected chi connectivity index (χ2v) is 5.16. The quantitative estimate of drug-likeness (QED) is 0.757. The van der Waals surface area contributed by atoms with Gasteiger partial charge in [0.2, 0.25) is 12.3 Å². The topological polar surface area (TPSA) is 76.3 Å². The Morgan fingerprint density at radius 3 is 2.95 bits per heavy atom. The number of nitrogens with one attached hydrogen (secondary N) is 1. The Kier molecular flexibility index (Phi) is 4.69. The Morgan fingerprint density at radius 2 is 2.32 bits per heavy atom. The van der Waals surface area contributed by atoms with Crippen molar-refractivity contribution in [2.24, 2.45) is 0 Å². The van der Waals surface area contributed by atoms with E-state index in [1.165, 1.54) is 6.39 Å². The zero-order valence-electron chi connectivity index (χ0n) is 11.2. The molecular formula is C11H17N5O2S. The molecule has 0 saturated carbocycles. The van der Waals surface area contributed by atoms with Crippen LogP contribution < -0.4 is 15.0 Å². The molecule has 0 aliphatic carbocycles. The van der Waals surface area contributed by atoms with Crippen molar-refractivity contribution in [3.05, 3.63) is 17.1 Å². The largest absolute Gasteiger partial charge is 0.480 e. The van der Waals surface area contributed by atoms with Gasteiger partial charge in [0.1, 0.15) is 0 Å². The standard InChI is InChI=1S/C11H17N5O2S/c1-16(2)11-14-10(17-3)8(19-11)6-12-5-4-9-13-7-18-15-9/h7,12H,4-6H2,1-3H3. The normalized spacial score (nSPS) is 10.7. The fourth-order valence-electron chi connectivity index (χ4n) is 1.49. The Bertz CT molecular complexity index is 497. The van der Waals surface area contributed by atoms with Gasteiger partial charge in [-0.3, -0.25) is 0 Å². The molecule has 0 bridgehead atoms. The minimum Gasteiger partial charge on any atom is -0.480 e. The summed E-state index contributed by atoms with van der Waals surface area (Å²) < 4.78 is 9.95. The van der Waals surface area contributed by atoms with Gasteiger partial charge in [-0.2, -0.15) is 9.97 Å². The van der Waals surface area contributed by atoms with Gasteiger partial charge in [-0.25, -0.2) is 0 Å². The van der Waals surface area contributed by atoms with Crippen molar-refractivity contribution in [3.63, 3.8) is 0 Å². The van der Waals surface area contributed by atoms with E-state index in [4.69, 9.17) is 4.74 Å². The fourth-order valence-corrected chi connectivity index (χ4v) is 2.42. The lowest BCUT2D eigenvalue weighted by Crippen LogP contribution is -2.16. The molecule has 0 fully saturated rings. The number of hydrogen-bond donors (Lipinski definition) is 1. The molecule has 8 heteroatoms. The van der Waals surface area contributed by atoms with Gasteiger partial charge in [0.15, 0.2) is 11.0 Å². The number of methoxy groups -OCH3 is 1. The summed E-state index contributed by atoms with van der Waals surface area (Å²) >= 11 is 1.62. The van der Waals surface area contributed by atoms with Crippen LogP contribution in [0.5, 0.6) is 5.88 Å². The van der Waals surface area contributed by atoms with E-state index >= 15 is 0 Å². The van der Waals surface area contributed by atoms with E-state index in [0.29, 0.717) is 18.2 Å². The summed E-state index contributed by atoms with van der Waals surface area (Å²) in [6.07, 6.45) is 2.07. The van der Waals surface area contributed by atoms with Crippen molar-refractivity contribution in [3.8, 4) is 5.88 Å². The number of nitrogens with zero attached hydrogens (tertiary/aromatic N) is 4. The van der Waals surface area contributed by atoms with Crippen LogP contribution in [0.1, 0.15) is 10.7 Å². The minimum atomic E-state index is 0.681. The van der Waals surface area contributed by atoms with Crippen molar-refractivity contribution >= 4 is 16.5 Å². The summed E-state index contributed by atoms with van der Waals surface area (Å²) in [5, 5.41) is 8.01.